The van der Waals surface area contributed by atoms with E-state index in [1.54, 1.807) is 30.2 Å². The lowest BCUT2D eigenvalue weighted by Crippen LogP contribution is -2.38. The monoisotopic (exact) mass is 343 g/mol. The maximum Gasteiger partial charge on any atom is 0.316 e. The molecular formula is C17H21N5O3. The van der Waals surface area contributed by atoms with Gasteiger partial charge in [-0.15, -0.1) is 0 Å². The van der Waals surface area contributed by atoms with E-state index in [-0.39, 0.29) is 17.2 Å². The summed E-state index contributed by atoms with van der Waals surface area (Å²) < 4.78 is 13.2. The SMILES string of the molecule is Cc1ccnc(OC[C@]23COC[C@H]2CN(C(=O)c2ccnn2C)C3)n1. The van der Waals surface area contributed by atoms with Crippen molar-refractivity contribution in [1.29, 1.82) is 0 Å². The van der Waals surface area contributed by atoms with Crippen LogP contribution in [0.5, 0.6) is 6.01 Å². The van der Waals surface area contributed by atoms with E-state index < -0.39 is 0 Å². The molecule has 2 saturated heterocycles. The molecule has 0 N–H and O–H groups in total. The van der Waals surface area contributed by atoms with Crippen molar-refractivity contribution < 1.29 is 14.3 Å². The van der Waals surface area contributed by atoms with Crippen molar-refractivity contribution in [3.05, 3.63) is 35.9 Å². The van der Waals surface area contributed by atoms with Crippen LogP contribution in [0.25, 0.3) is 0 Å². The number of rotatable bonds is 4. The van der Waals surface area contributed by atoms with Gasteiger partial charge in [0, 0.05) is 44.1 Å². The number of likely N-dealkylation sites (tertiary alicyclic amines) is 1. The third-order valence-electron chi connectivity index (χ3n) is 5.11. The first-order chi connectivity index (χ1) is 12.1. The Morgan fingerprint density at radius 1 is 1.44 bits per heavy atom. The summed E-state index contributed by atoms with van der Waals surface area (Å²) >= 11 is 0. The third kappa shape index (κ3) is 2.86. The van der Waals surface area contributed by atoms with Gasteiger partial charge in [-0.3, -0.25) is 9.48 Å². The van der Waals surface area contributed by atoms with Crippen LogP contribution in [0.3, 0.4) is 0 Å². The molecule has 2 aromatic rings. The number of hydrogen-bond acceptors (Lipinski definition) is 6. The number of nitrogens with zero attached hydrogens (tertiary/aromatic N) is 5. The van der Waals surface area contributed by atoms with Crippen molar-refractivity contribution in [2.75, 3.05) is 32.9 Å². The maximum atomic E-state index is 12.8. The Balaban J connectivity index is 1.49. The average Bonchev–Trinajstić information content (AvgIpc) is 3.26. The summed E-state index contributed by atoms with van der Waals surface area (Å²) in [7, 11) is 1.78. The van der Waals surface area contributed by atoms with Gasteiger partial charge in [0.05, 0.1) is 18.6 Å². The van der Waals surface area contributed by atoms with Crippen molar-refractivity contribution in [3.8, 4) is 6.01 Å². The molecule has 4 rings (SSSR count). The zero-order chi connectivity index (χ0) is 17.4. The molecule has 2 atom stereocenters. The summed E-state index contributed by atoms with van der Waals surface area (Å²) in [5, 5.41) is 4.09. The number of hydrogen-bond donors (Lipinski definition) is 0. The number of carbonyl (C=O) groups is 1. The van der Waals surface area contributed by atoms with E-state index >= 15 is 0 Å². The van der Waals surface area contributed by atoms with Crippen LogP contribution in [0.1, 0.15) is 16.2 Å². The summed E-state index contributed by atoms with van der Waals surface area (Å²) in [6.07, 6.45) is 3.33. The second-order valence-electron chi connectivity index (χ2n) is 6.87. The molecule has 0 aliphatic carbocycles. The first kappa shape index (κ1) is 16.0. The van der Waals surface area contributed by atoms with Crippen LogP contribution in [-0.4, -0.2) is 63.5 Å². The molecule has 0 radical (unpaired) electrons. The van der Waals surface area contributed by atoms with Gasteiger partial charge in [-0.1, -0.05) is 0 Å². The van der Waals surface area contributed by atoms with Gasteiger partial charge in [0.15, 0.2) is 0 Å². The van der Waals surface area contributed by atoms with E-state index in [0.29, 0.717) is 44.6 Å². The van der Waals surface area contributed by atoms with Gasteiger partial charge in [-0.25, -0.2) is 9.97 Å². The van der Waals surface area contributed by atoms with Crippen molar-refractivity contribution in [2.45, 2.75) is 6.92 Å². The number of ether oxygens (including phenoxy) is 2. The molecule has 0 unspecified atom stereocenters. The number of aromatic nitrogens is 4. The van der Waals surface area contributed by atoms with Crippen LogP contribution in [0, 0.1) is 18.3 Å². The van der Waals surface area contributed by atoms with Crippen molar-refractivity contribution >= 4 is 5.91 Å². The molecule has 2 aliphatic heterocycles. The molecule has 8 nitrogen and oxygen atoms in total. The van der Waals surface area contributed by atoms with Gasteiger partial charge < -0.3 is 14.4 Å². The minimum absolute atomic E-state index is 0.000538. The van der Waals surface area contributed by atoms with Crippen molar-refractivity contribution in [3.63, 3.8) is 0 Å². The number of fused-ring (bicyclic) bond motifs is 1. The van der Waals surface area contributed by atoms with Gasteiger partial charge >= 0.3 is 6.01 Å². The minimum Gasteiger partial charge on any atom is -0.463 e. The third-order valence-corrected chi connectivity index (χ3v) is 5.11. The largest absolute Gasteiger partial charge is 0.463 e. The number of amides is 1. The summed E-state index contributed by atoms with van der Waals surface area (Å²) in [4.78, 5) is 23.1. The first-order valence-electron chi connectivity index (χ1n) is 8.35. The molecule has 2 aliphatic rings. The Hall–Kier alpha value is -2.48. The fourth-order valence-electron chi connectivity index (χ4n) is 3.64. The Labute approximate surface area is 145 Å². The molecule has 0 bridgehead atoms. The van der Waals surface area contributed by atoms with Crippen LogP contribution in [0.2, 0.25) is 0 Å². The smallest absolute Gasteiger partial charge is 0.316 e. The lowest BCUT2D eigenvalue weighted by molar-refractivity contribution is 0.0641. The molecule has 1 amide bonds. The van der Waals surface area contributed by atoms with Gasteiger partial charge in [-0.05, 0) is 19.1 Å². The van der Waals surface area contributed by atoms with Crippen molar-refractivity contribution in [2.24, 2.45) is 18.4 Å². The van der Waals surface area contributed by atoms with Crippen LogP contribution >= 0.6 is 0 Å². The lowest BCUT2D eigenvalue weighted by Gasteiger charge is -2.26. The van der Waals surface area contributed by atoms with E-state index in [1.807, 2.05) is 17.9 Å². The molecule has 8 heteroatoms. The second kappa shape index (κ2) is 6.11. The Morgan fingerprint density at radius 2 is 2.32 bits per heavy atom. The van der Waals surface area contributed by atoms with E-state index in [2.05, 4.69) is 15.1 Å². The molecule has 132 valence electrons. The highest BCUT2D eigenvalue weighted by molar-refractivity contribution is 5.92. The van der Waals surface area contributed by atoms with Crippen LogP contribution in [-0.2, 0) is 11.8 Å². The number of carbonyl (C=O) groups excluding carboxylic acids is 1. The molecular weight excluding hydrogens is 322 g/mol. The normalized spacial score (nSPS) is 25.2. The molecule has 25 heavy (non-hydrogen) atoms. The fraction of sp³-hybridized carbons (Fsp3) is 0.529. The van der Waals surface area contributed by atoms with Crippen LogP contribution in [0.4, 0.5) is 0 Å². The molecule has 0 spiro atoms. The summed E-state index contributed by atoms with van der Waals surface area (Å²) in [6, 6.07) is 3.95. The van der Waals surface area contributed by atoms with E-state index in [4.69, 9.17) is 9.47 Å². The maximum absolute atomic E-state index is 12.8. The highest BCUT2D eigenvalue weighted by Gasteiger charge is 2.52. The highest BCUT2D eigenvalue weighted by Crippen LogP contribution is 2.42. The van der Waals surface area contributed by atoms with E-state index in [0.717, 1.165) is 5.69 Å². The summed E-state index contributed by atoms with van der Waals surface area (Å²) in [5.74, 6) is 0.259. The summed E-state index contributed by atoms with van der Waals surface area (Å²) in [6.45, 7) is 4.84. The molecule has 4 heterocycles. The Bertz CT molecular complexity index is 792. The topological polar surface area (TPSA) is 82.4 Å². The minimum atomic E-state index is -0.207. The van der Waals surface area contributed by atoms with Gasteiger partial charge in [-0.2, -0.15) is 5.10 Å². The average molecular weight is 343 g/mol. The van der Waals surface area contributed by atoms with Gasteiger partial charge in [0.2, 0.25) is 0 Å². The van der Waals surface area contributed by atoms with E-state index in [1.165, 1.54) is 0 Å². The second-order valence-corrected chi connectivity index (χ2v) is 6.87. The Kier molecular flexibility index (Phi) is 3.91. The highest BCUT2D eigenvalue weighted by atomic mass is 16.5. The van der Waals surface area contributed by atoms with Crippen LogP contribution in [0.15, 0.2) is 24.5 Å². The Morgan fingerprint density at radius 3 is 3.08 bits per heavy atom. The molecule has 2 fully saturated rings. The molecule has 0 aromatic carbocycles. The quantitative estimate of drug-likeness (QED) is 0.812. The fourth-order valence-corrected chi connectivity index (χ4v) is 3.64. The molecule has 0 saturated carbocycles. The standard InChI is InChI=1S/C17H21N5O3/c1-12-3-5-18-16(20-12)25-11-17-9-22(7-13(17)8-24-10-17)15(23)14-4-6-19-21(14)2/h3-6,13H,7-11H2,1-2H3/t13-,17+/m1/s1. The van der Waals surface area contributed by atoms with Gasteiger partial charge in [0.1, 0.15) is 12.3 Å². The predicted molar refractivity (Wildman–Crippen MR) is 88.1 cm³/mol. The zero-order valence-corrected chi connectivity index (χ0v) is 14.4. The summed E-state index contributed by atoms with van der Waals surface area (Å²) in [5.41, 5.74) is 1.25. The van der Waals surface area contributed by atoms with Crippen LogP contribution < -0.4 is 4.74 Å². The lowest BCUT2D eigenvalue weighted by atomic mass is 9.82. The predicted octanol–water partition coefficient (Wildman–Crippen LogP) is 0.686. The van der Waals surface area contributed by atoms with Crippen molar-refractivity contribution in [1.82, 2.24) is 24.6 Å². The number of aryl methyl sites for hydroxylation is 2. The molecule has 2 aromatic heterocycles. The van der Waals surface area contributed by atoms with E-state index in [9.17, 15) is 4.79 Å². The zero-order valence-electron chi connectivity index (χ0n) is 14.4. The first-order valence-corrected chi connectivity index (χ1v) is 8.35. The van der Waals surface area contributed by atoms with Gasteiger partial charge in [0.25, 0.3) is 5.91 Å².